The Balaban J connectivity index is 1.64. The lowest BCUT2D eigenvalue weighted by Crippen LogP contribution is -2.31. The molecule has 4 aromatic rings. The Hall–Kier alpha value is -2.96. The number of amides is 1. The van der Waals surface area contributed by atoms with Gasteiger partial charge in [0.15, 0.2) is 0 Å². The van der Waals surface area contributed by atoms with E-state index >= 15 is 0 Å². The summed E-state index contributed by atoms with van der Waals surface area (Å²) >= 11 is 7.32. The molecule has 5 nitrogen and oxygen atoms in total. The Morgan fingerprint density at radius 1 is 1.14 bits per heavy atom. The predicted molar refractivity (Wildman–Crippen MR) is 114 cm³/mol. The summed E-state index contributed by atoms with van der Waals surface area (Å²) < 4.78 is 1.36. The van der Waals surface area contributed by atoms with Gasteiger partial charge >= 0.3 is 0 Å². The number of hydrogen-bond acceptors (Lipinski definition) is 4. The maximum absolute atomic E-state index is 12.9. The van der Waals surface area contributed by atoms with Gasteiger partial charge in [-0.1, -0.05) is 41.9 Å². The fourth-order valence-electron chi connectivity index (χ4n) is 2.86. The van der Waals surface area contributed by atoms with Gasteiger partial charge in [-0.3, -0.25) is 14.2 Å². The largest absolute Gasteiger partial charge is 0.324 e. The monoisotopic (exact) mass is 409 g/mol. The topological polar surface area (TPSA) is 64.0 Å². The minimum absolute atomic E-state index is 0.234. The molecule has 28 heavy (non-hydrogen) atoms. The second kappa shape index (κ2) is 7.58. The highest BCUT2D eigenvalue weighted by atomic mass is 35.5. The SMILES string of the molecule is CC(C(=O)Nc1ccc(Cl)cc1)n1cnc2sc(-c3ccccc3)cc2c1=O. The fourth-order valence-corrected chi connectivity index (χ4v) is 3.98. The van der Waals surface area contributed by atoms with E-state index in [4.69, 9.17) is 11.6 Å². The highest BCUT2D eigenvalue weighted by Crippen LogP contribution is 2.30. The second-order valence-corrected chi connectivity index (χ2v) is 7.79. The van der Waals surface area contributed by atoms with Crippen LogP contribution in [0.1, 0.15) is 13.0 Å². The van der Waals surface area contributed by atoms with Gasteiger partial charge in [0, 0.05) is 15.6 Å². The van der Waals surface area contributed by atoms with Crippen molar-refractivity contribution >= 4 is 44.7 Å². The number of halogens is 1. The Kier molecular flexibility index (Phi) is 4.98. The lowest BCUT2D eigenvalue weighted by molar-refractivity contribution is -0.118. The van der Waals surface area contributed by atoms with E-state index in [2.05, 4.69) is 10.3 Å². The van der Waals surface area contributed by atoms with Crippen molar-refractivity contribution in [3.63, 3.8) is 0 Å². The highest BCUT2D eigenvalue weighted by molar-refractivity contribution is 7.21. The third-order valence-electron chi connectivity index (χ3n) is 4.44. The van der Waals surface area contributed by atoms with E-state index in [0.29, 0.717) is 20.9 Å². The molecule has 1 unspecified atom stereocenters. The lowest BCUT2D eigenvalue weighted by Gasteiger charge is -2.14. The number of nitrogens with one attached hydrogen (secondary N) is 1. The van der Waals surface area contributed by atoms with Crippen LogP contribution in [0.2, 0.25) is 5.02 Å². The Labute approximate surface area is 170 Å². The summed E-state index contributed by atoms with van der Waals surface area (Å²) in [7, 11) is 0. The fraction of sp³-hybridized carbons (Fsp3) is 0.0952. The minimum atomic E-state index is -0.708. The molecule has 7 heteroatoms. The number of carbonyl (C=O) groups excluding carboxylic acids is 1. The average Bonchev–Trinajstić information content (AvgIpc) is 3.15. The Bertz CT molecular complexity index is 1200. The van der Waals surface area contributed by atoms with Crippen LogP contribution in [0.25, 0.3) is 20.7 Å². The molecule has 0 fully saturated rings. The number of hydrogen-bond donors (Lipinski definition) is 1. The molecule has 0 aliphatic heterocycles. The molecule has 2 aromatic heterocycles. The van der Waals surface area contributed by atoms with Gasteiger partial charge in [0.25, 0.3) is 5.56 Å². The van der Waals surface area contributed by atoms with E-state index in [0.717, 1.165) is 10.4 Å². The van der Waals surface area contributed by atoms with Gasteiger partial charge in [-0.2, -0.15) is 0 Å². The highest BCUT2D eigenvalue weighted by Gasteiger charge is 2.19. The number of anilines is 1. The number of nitrogens with zero attached hydrogens (tertiary/aromatic N) is 2. The molecule has 2 heterocycles. The average molecular weight is 410 g/mol. The number of rotatable bonds is 4. The van der Waals surface area contributed by atoms with Gasteiger partial charge in [-0.25, -0.2) is 4.98 Å². The van der Waals surface area contributed by atoms with E-state index in [1.54, 1.807) is 31.2 Å². The first kappa shape index (κ1) is 18.4. The van der Waals surface area contributed by atoms with Crippen molar-refractivity contribution in [3.8, 4) is 10.4 Å². The van der Waals surface area contributed by atoms with Gasteiger partial charge in [0.2, 0.25) is 5.91 Å². The quantitative estimate of drug-likeness (QED) is 0.517. The normalized spacial score (nSPS) is 12.1. The third kappa shape index (κ3) is 3.56. The summed E-state index contributed by atoms with van der Waals surface area (Å²) in [6.45, 7) is 1.67. The van der Waals surface area contributed by atoms with Crippen molar-refractivity contribution in [1.29, 1.82) is 0 Å². The van der Waals surface area contributed by atoms with Crippen molar-refractivity contribution in [2.24, 2.45) is 0 Å². The summed E-state index contributed by atoms with van der Waals surface area (Å²) in [5.74, 6) is -0.302. The van der Waals surface area contributed by atoms with Gasteiger partial charge in [0.05, 0.1) is 11.7 Å². The van der Waals surface area contributed by atoms with Crippen LogP contribution in [0.5, 0.6) is 0 Å². The molecule has 0 bridgehead atoms. The van der Waals surface area contributed by atoms with E-state index in [-0.39, 0.29) is 11.5 Å². The first-order chi connectivity index (χ1) is 13.5. The molecule has 1 N–H and O–H groups in total. The van der Waals surface area contributed by atoms with Crippen molar-refractivity contribution < 1.29 is 4.79 Å². The van der Waals surface area contributed by atoms with E-state index in [1.807, 2.05) is 36.4 Å². The van der Waals surface area contributed by atoms with Gasteiger partial charge in [0.1, 0.15) is 10.9 Å². The molecule has 0 aliphatic carbocycles. The Morgan fingerprint density at radius 2 is 1.86 bits per heavy atom. The number of thiophene rings is 1. The number of benzene rings is 2. The summed E-state index contributed by atoms with van der Waals surface area (Å²) in [6, 6.07) is 17.8. The van der Waals surface area contributed by atoms with Gasteiger partial charge in [-0.15, -0.1) is 11.3 Å². The summed E-state index contributed by atoms with van der Waals surface area (Å²) in [5, 5.41) is 3.89. The number of aromatic nitrogens is 2. The molecule has 0 spiro atoms. The van der Waals surface area contributed by atoms with Crippen LogP contribution >= 0.6 is 22.9 Å². The van der Waals surface area contributed by atoms with Crippen LogP contribution in [0.3, 0.4) is 0 Å². The molecule has 1 atom stereocenters. The maximum atomic E-state index is 12.9. The van der Waals surface area contributed by atoms with Crippen LogP contribution in [0.15, 0.2) is 71.8 Å². The molecular weight excluding hydrogens is 394 g/mol. The van der Waals surface area contributed by atoms with Crippen molar-refractivity contribution in [2.45, 2.75) is 13.0 Å². The van der Waals surface area contributed by atoms with Crippen LogP contribution < -0.4 is 10.9 Å². The molecular formula is C21H16ClN3O2S. The van der Waals surface area contributed by atoms with Crippen LogP contribution in [0, 0.1) is 0 Å². The van der Waals surface area contributed by atoms with Crippen LogP contribution in [0.4, 0.5) is 5.69 Å². The zero-order valence-corrected chi connectivity index (χ0v) is 16.5. The maximum Gasteiger partial charge on any atom is 0.262 e. The molecule has 0 saturated carbocycles. The molecule has 2 aromatic carbocycles. The zero-order chi connectivity index (χ0) is 19.7. The predicted octanol–water partition coefficient (Wildman–Crippen LogP) is 4.98. The molecule has 0 radical (unpaired) electrons. The van der Waals surface area contributed by atoms with Crippen molar-refractivity contribution in [2.75, 3.05) is 5.32 Å². The number of fused-ring (bicyclic) bond motifs is 1. The first-order valence-electron chi connectivity index (χ1n) is 8.65. The van der Waals surface area contributed by atoms with E-state index in [9.17, 15) is 9.59 Å². The summed E-state index contributed by atoms with van der Waals surface area (Å²) in [4.78, 5) is 31.6. The zero-order valence-electron chi connectivity index (χ0n) is 14.9. The first-order valence-corrected chi connectivity index (χ1v) is 9.85. The molecule has 0 saturated heterocycles. The summed E-state index contributed by atoms with van der Waals surface area (Å²) in [6.07, 6.45) is 1.43. The van der Waals surface area contributed by atoms with Gasteiger partial charge in [-0.05, 0) is 42.8 Å². The van der Waals surface area contributed by atoms with Crippen LogP contribution in [-0.4, -0.2) is 15.5 Å². The molecule has 1 amide bonds. The van der Waals surface area contributed by atoms with Crippen molar-refractivity contribution in [1.82, 2.24) is 9.55 Å². The second-order valence-electron chi connectivity index (χ2n) is 6.32. The van der Waals surface area contributed by atoms with E-state index < -0.39 is 6.04 Å². The molecule has 4 rings (SSSR count). The number of carbonyl (C=O) groups is 1. The Morgan fingerprint density at radius 3 is 2.57 bits per heavy atom. The smallest absolute Gasteiger partial charge is 0.262 e. The summed E-state index contributed by atoms with van der Waals surface area (Å²) in [5.41, 5.74) is 1.41. The standard InChI is InChI=1S/C21H16ClN3O2S/c1-13(19(26)24-16-9-7-15(22)8-10-16)25-12-23-20-17(21(25)27)11-18(28-20)14-5-3-2-4-6-14/h2-13H,1H3,(H,24,26). The van der Waals surface area contributed by atoms with Gasteiger partial charge < -0.3 is 5.32 Å². The molecule has 140 valence electrons. The third-order valence-corrected chi connectivity index (χ3v) is 5.79. The lowest BCUT2D eigenvalue weighted by atomic mass is 10.2. The van der Waals surface area contributed by atoms with E-state index in [1.165, 1.54) is 22.2 Å². The van der Waals surface area contributed by atoms with Crippen LogP contribution in [-0.2, 0) is 4.79 Å². The minimum Gasteiger partial charge on any atom is -0.324 e. The van der Waals surface area contributed by atoms with Crippen molar-refractivity contribution in [3.05, 3.63) is 82.4 Å². The molecule has 0 aliphatic rings.